The molecule has 0 radical (unpaired) electrons. The molecule has 1 amide bonds. The Morgan fingerprint density at radius 1 is 1.07 bits per heavy atom. The third-order valence-corrected chi connectivity index (χ3v) is 4.51. The van der Waals surface area contributed by atoms with Gasteiger partial charge in [-0.05, 0) is 44.5 Å². The molecule has 0 atom stereocenters. The molecule has 1 aliphatic rings. The van der Waals surface area contributed by atoms with Gasteiger partial charge in [-0.1, -0.05) is 30.3 Å². The Labute approximate surface area is 161 Å². The molecule has 0 aliphatic carbocycles. The van der Waals surface area contributed by atoms with Crippen molar-refractivity contribution in [2.75, 3.05) is 18.8 Å². The molecule has 2 aromatic carbocycles. The summed E-state index contributed by atoms with van der Waals surface area (Å²) in [4.78, 5) is 13.9. The van der Waals surface area contributed by atoms with E-state index in [0.29, 0.717) is 13.1 Å². The zero-order chi connectivity index (χ0) is 19.4. The van der Waals surface area contributed by atoms with E-state index in [4.69, 9.17) is 15.2 Å². The van der Waals surface area contributed by atoms with Gasteiger partial charge in [0.05, 0.1) is 0 Å². The second-order valence-electron chi connectivity index (χ2n) is 7.90. The van der Waals surface area contributed by atoms with Gasteiger partial charge in [0.2, 0.25) is 0 Å². The lowest BCUT2D eigenvalue weighted by Crippen LogP contribution is -2.44. The molecular formula is C22H28N2O3. The van der Waals surface area contributed by atoms with Crippen LogP contribution < -0.4 is 10.5 Å². The number of amides is 1. The molecule has 0 bridgehead atoms. The van der Waals surface area contributed by atoms with Crippen molar-refractivity contribution < 1.29 is 14.3 Å². The smallest absolute Gasteiger partial charge is 0.410 e. The van der Waals surface area contributed by atoms with Crippen LogP contribution in [-0.2, 0) is 4.74 Å². The summed E-state index contributed by atoms with van der Waals surface area (Å²) in [6, 6.07) is 15.8. The number of anilines is 1. The van der Waals surface area contributed by atoms with Gasteiger partial charge in [-0.15, -0.1) is 0 Å². The first-order valence-electron chi connectivity index (χ1n) is 9.41. The van der Waals surface area contributed by atoms with Crippen LogP contribution in [0.4, 0.5) is 10.5 Å². The third kappa shape index (κ3) is 5.16. The molecule has 0 spiro atoms. The summed E-state index contributed by atoms with van der Waals surface area (Å²) in [5.74, 6) is 0.804. The molecule has 2 aromatic rings. The monoisotopic (exact) mass is 368 g/mol. The molecule has 2 N–H and O–H groups in total. The summed E-state index contributed by atoms with van der Waals surface area (Å²) < 4.78 is 11.6. The highest BCUT2D eigenvalue weighted by Gasteiger charge is 2.27. The highest BCUT2D eigenvalue weighted by atomic mass is 16.6. The lowest BCUT2D eigenvalue weighted by molar-refractivity contribution is 0.0126. The van der Waals surface area contributed by atoms with Gasteiger partial charge in [0.1, 0.15) is 17.5 Å². The second kappa shape index (κ2) is 7.91. The molecule has 1 aliphatic heterocycles. The number of carbonyl (C=O) groups is 1. The predicted octanol–water partition coefficient (Wildman–Crippen LogP) is 4.71. The van der Waals surface area contributed by atoms with Crippen LogP contribution >= 0.6 is 0 Å². The summed E-state index contributed by atoms with van der Waals surface area (Å²) in [6.45, 7) is 6.92. The van der Waals surface area contributed by atoms with Crippen molar-refractivity contribution in [3.05, 3.63) is 48.5 Å². The van der Waals surface area contributed by atoms with Crippen molar-refractivity contribution in [1.29, 1.82) is 0 Å². The molecule has 5 heteroatoms. The fourth-order valence-corrected chi connectivity index (χ4v) is 3.15. The van der Waals surface area contributed by atoms with E-state index in [9.17, 15) is 4.79 Å². The maximum Gasteiger partial charge on any atom is 0.410 e. The highest BCUT2D eigenvalue weighted by molar-refractivity contribution is 5.77. The summed E-state index contributed by atoms with van der Waals surface area (Å²) in [7, 11) is 0. The van der Waals surface area contributed by atoms with Crippen LogP contribution in [0.1, 0.15) is 33.6 Å². The van der Waals surface area contributed by atoms with E-state index in [-0.39, 0.29) is 12.2 Å². The molecule has 1 saturated heterocycles. The average Bonchev–Trinajstić information content (AvgIpc) is 2.63. The van der Waals surface area contributed by atoms with Crippen molar-refractivity contribution >= 4 is 11.8 Å². The Morgan fingerprint density at radius 2 is 1.74 bits per heavy atom. The van der Waals surface area contributed by atoms with Crippen LogP contribution in [0.5, 0.6) is 5.75 Å². The number of benzene rings is 2. The molecular weight excluding hydrogens is 340 g/mol. The largest absolute Gasteiger partial charge is 0.490 e. The summed E-state index contributed by atoms with van der Waals surface area (Å²) in [5, 5.41) is 0. The van der Waals surface area contributed by atoms with Crippen LogP contribution in [0.25, 0.3) is 11.1 Å². The Balaban J connectivity index is 1.60. The van der Waals surface area contributed by atoms with Crippen molar-refractivity contribution in [1.82, 2.24) is 4.90 Å². The number of carbonyl (C=O) groups excluding carboxylic acids is 1. The first-order valence-corrected chi connectivity index (χ1v) is 9.41. The van der Waals surface area contributed by atoms with E-state index in [1.54, 1.807) is 4.90 Å². The zero-order valence-electron chi connectivity index (χ0n) is 16.3. The standard InChI is InChI=1S/C22H28N2O3/c1-22(2,3)27-21(25)24-13-11-17(12-14-24)26-18-9-10-20(23)19(15-18)16-7-5-4-6-8-16/h4-10,15,17H,11-14,23H2,1-3H3. The van der Waals surface area contributed by atoms with E-state index < -0.39 is 5.60 Å². The molecule has 5 nitrogen and oxygen atoms in total. The number of hydrogen-bond acceptors (Lipinski definition) is 4. The minimum atomic E-state index is -0.470. The van der Waals surface area contributed by atoms with E-state index in [0.717, 1.165) is 35.4 Å². The topological polar surface area (TPSA) is 64.8 Å². The first-order chi connectivity index (χ1) is 12.8. The molecule has 27 heavy (non-hydrogen) atoms. The molecule has 144 valence electrons. The van der Waals surface area contributed by atoms with Gasteiger partial charge in [0, 0.05) is 37.2 Å². The Morgan fingerprint density at radius 3 is 2.37 bits per heavy atom. The lowest BCUT2D eigenvalue weighted by atomic mass is 10.0. The van der Waals surface area contributed by atoms with Crippen LogP contribution in [0.2, 0.25) is 0 Å². The number of ether oxygens (including phenoxy) is 2. The number of hydrogen-bond donors (Lipinski definition) is 1. The van der Waals surface area contributed by atoms with Crippen molar-refractivity contribution in [3.63, 3.8) is 0 Å². The predicted molar refractivity (Wildman–Crippen MR) is 108 cm³/mol. The van der Waals surface area contributed by atoms with Gasteiger partial charge in [-0.2, -0.15) is 0 Å². The normalized spacial score (nSPS) is 15.4. The van der Waals surface area contributed by atoms with Gasteiger partial charge < -0.3 is 20.1 Å². The lowest BCUT2D eigenvalue weighted by Gasteiger charge is -2.33. The minimum Gasteiger partial charge on any atom is -0.490 e. The van der Waals surface area contributed by atoms with Gasteiger partial charge in [-0.25, -0.2) is 4.79 Å². The number of likely N-dealkylation sites (tertiary alicyclic amines) is 1. The van der Waals surface area contributed by atoms with E-state index in [2.05, 4.69) is 0 Å². The van der Waals surface area contributed by atoms with Crippen LogP contribution in [0.15, 0.2) is 48.5 Å². The van der Waals surface area contributed by atoms with Crippen LogP contribution in [0.3, 0.4) is 0 Å². The maximum absolute atomic E-state index is 12.2. The average molecular weight is 368 g/mol. The summed E-state index contributed by atoms with van der Waals surface area (Å²) in [5.41, 5.74) is 8.44. The Hall–Kier alpha value is -2.69. The van der Waals surface area contributed by atoms with Gasteiger partial charge >= 0.3 is 6.09 Å². The molecule has 1 heterocycles. The summed E-state index contributed by atoms with van der Waals surface area (Å²) in [6.07, 6.45) is 1.39. The molecule has 3 rings (SSSR count). The van der Waals surface area contributed by atoms with Gasteiger partial charge in [0.15, 0.2) is 0 Å². The number of nitrogens with two attached hydrogens (primary N) is 1. The fourth-order valence-electron chi connectivity index (χ4n) is 3.15. The Kier molecular flexibility index (Phi) is 5.59. The first kappa shape index (κ1) is 19.1. The van der Waals surface area contributed by atoms with Crippen molar-refractivity contribution in [3.8, 4) is 16.9 Å². The molecule has 0 saturated carbocycles. The van der Waals surface area contributed by atoms with Gasteiger partial charge in [-0.3, -0.25) is 0 Å². The Bertz CT molecular complexity index is 776. The second-order valence-corrected chi connectivity index (χ2v) is 7.90. The fraction of sp³-hybridized carbons (Fsp3) is 0.409. The van der Waals surface area contributed by atoms with Crippen molar-refractivity contribution in [2.24, 2.45) is 0 Å². The minimum absolute atomic E-state index is 0.0796. The quantitative estimate of drug-likeness (QED) is 0.797. The van der Waals surface area contributed by atoms with E-state index in [1.807, 2.05) is 69.3 Å². The molecule has 0 aromatic heterocycles. The number of rotatable bonds is 3. The maximum atomic E-state index is 12.2. The van der Waals surface area contributed by atoms with Crippen LogP contribution in [-0.4, -0.2) is 35.8 Å². The van der Waals surface area contributed by atoms with E-state index in [1.165, 1.54) is 0 Å². The summed E-state index contributed by atoms with van der Waals surface area (Å²) >= 11 is 0. The number of piperidine rings is 1. The molecule has 0 unspecified atom stereocenters. The van der Waals surface area contributed by atoms with Crippen molar-refractivity contribution in [2.45, 2.75) is 45.3 Å². The SMILES string of the molecule is CC(C)(C)OC(=O)N1CCC(Oc2ccc(N)c(-c3ccccc3)c2)CC1. The number of nitrogens with zero attached hydrogens (tertiary/aromatic N) is 1. The molecule has 1 fully saturated rings. The zero-order valence-corrected chi connectivity index (χ0v) is 16.3. The van der Waals surface area contributed by atoms with E-state index >= 15 is 0 Å². The van der Waals surface area contributed by atoms with Gasteiger partial charge in [0.25, 0.3) is 0 Å². The number of nitrogen functional groups attached to an aromatic ring is 1. The third-order valence-electron chi connectivity index (χ3n) is 4.51. The van der Waals surface area contributed by atoms with Crippen LogP contribution in [0, 0.1) is 0 Å². The highest BCUT2D eigenvalue weighted by Crippen LogP contribution is 2.31.